The Morgan fingerprint density at radius 2 is 1.37 bits per heavy atom. The summed E-state index contributed by atoms with van der Waals surface area (Å²) in [6, 6.07) is 33.6. The van der Waals surface area contributed by atoms with Crippen LogP contribution < -0.4 is 21.9 Å². The van der Waals surface area contributed by atoms with Crippen molar-refractivity contribution in [2.75, 3.05) is 4.90 Å². The SMILES string of the molecule is C[n+]1cn(-c2cccc(N(c3ccccc3)c3ccccc3)c2)c2cccnc21.[Cl-]. The Morgan fingerprint density at radius 1 is 0.733 bits per heavy atom. The summed E-state index contributed by atoms with van der Waals surface area (Å²) in [5.74, 6) is 0. The first-order valence-corrected chi connectivity index (χ1v) is 9.64. The zero-order valence-electron chi connectivity index (χ0n) is 16.6. The van der Waals surface area contributed by atoms with E-state index in [9.17, 15) is 0 Å². The summed E-state index contributed by atoms with van der Waals surface area (Å²) in [7, 11) is 2.02. The van der Waals surface area contributed by atoms with E-state index in [1.165, 1.54) is 0 Å². The maximum Gasteiger partial charge on any atom is 0.301 e. The van der Waals surface area contributed by atoms with Crippen molar-refractivity contribution in [3.63, 3.8) is 0 Å². The molecule has 0 N–H and O–H groups in total. The highest BCUT2D eigenvalue weighted by atomic mass is 35.5. The Kier molecular flexibility index (Phi) is 5.50. The van der Waals surface area contributed by atoms with Crippen LogP contribution in [0.2, 0.25) is 0 Å². The zero-order chi connectivity index (χ0) is 19.6. The van der Waals surface area contributed by atoms with Crippen molar-refractivity contribution in [2.24, 2.45) is 7.05 Å². The van der Waals surface area contributed by atoms with E-state index < -0.39 is 0 Å². The van der Waals surface area contributed by atoms with Gasteiger partial charge in [0.2, 0.25) is 0 Å². The van der Waals surface area contributed by atoms with E-state index in [-0.39, 0.29) is 12.4 Å². The summed E-state index contributed by atoms with van der Waals surface area (Å²) < 4.78 is 4.23. The quantitative estimate of drug-likeness (QED) is 0.423. The Hall–Kier alpha value is -3.63. The number of fused-ring (bicyclic) bond motifs is 1. The van der Waals surface area contributed by atoms with Gasteiger partial charge in [-0.1, -0.05) is 42.5 Å². The number of para-hydroxylation sites is 2. The minimum atomic E-state index is 0. The predicted molar refractivity (Wildman–Crippen MR) is 117 cm³/mol. The first-order chi connectivity index (χ1) is 14.3. The molecule has 4 nitrogen and oxygen atoms in total. The zero-order valence-corrected chi connectivity index (χ0v) is 17.3. The molecule has 148 valence electrons. The largest absolute Gasteiger partial charge is 1.00 e. The van der Waals surface area contributed by atoms with E-state index in [4.69, 9.17) is 0 Å². The van der Waals surface area contributed by atoms with Crippen LogP contribution in [0.25, 0.3) is 16.9 Å². The van der Waals surface area contributed by atoms with Crippen LogP contribution in [0.3, 0.4) is 0 Å². The molecule has 0 radical (unpaired) electrons. The van der Waals surface area contributed by atoms with Crippen molar-refractivity contribution in [2.45, 2.75) is 0 Å². The molecule has 0 aliphatic carbocycles. The molecule has 0 fully saturated rings. The number of nitrogens with zero attached hydrogens (tertiary/aromatic N) is 4. The molecule has 5 heteroatoms. The van der Waals surface area contributed by atoms with E-state index in [0.717, 1.165) is 33.9 Å². The van der Waals surface area contributed by atoms with Gasteiger partial charge < -0.3 is 17.3 Å². The van der Waals surface area contributed by atoms with Crippen LogP contribution in [-0.4, -0.2) is 9.55 Å². The van der Waals surface area contributed by atoms with Crippen molar-refractivity contribution in [1.82, 2.24) is 9.55 Å². The fraction of sp³-hybridized carbons (Fsp3) is 0.0400. The average Bonchev–Trinajstić information content (AvgIpc) is 3.13. The standard InChI is InChI=1S/C25H21N4.ClH/c1-27-19-28(24-16-9-17-26-25(24)27)22-14-8-15-23(18-22)29(20-10-4-2-5-11-20)21-12-6-3-7-13-21;/h2-19H,1H3;1H/q+1;/p-1. The van der Waals surface area contributed by atoms with Gasteiger partial charge in [-0.25, -0.2) is 9.13 Å². The molecule has 2 heterocycles. The smallest absolute Gasteiger partial charge is 0.301 e. The summed E-state index contributed by atoms with van der Waals surface area (Å²) >= 11 is 0. The molecule has 0 bridgehead atoms. The average molecular weight is 413 g/mol. The molecule has 2 aromatic heterocycles. The van der Waals surface area contributed by atoms with Gasteiger partial charge >= 0.3 is 5.65 Å². The highest BCUT2D eigenvalue weighted by molar-refractivity contribution is 5.78. The summed E-state index contributed by atoms with van der Waals surface area (Å²) in [6.07, 6.45) is 3.90. The van der Waals surface area contributed by atoms with Gasteiger partial charge in [-0.3, -0.25) is 0 Å². The molecule has 5 aromatic rings. The lowest BCUT2D eigenvalue weighted by molar-refractivity contribution is -0.647. The van der Waals surface area contributed by atoms with Crippen molar-refractivity contribution in [1.29, 1.82) is 0 Å². The third-order valence-electron chi connectivity index (χ3n) is 5.04. The maximum absolute atomic E-state index is 4.51. The molecule has 0 saturated heterocycles. The Balaban J connectivity index is 0.00000218. The van der Waals surface area contributed by atoms with Crippen LogP contribution >= 0.6 is 0 Å². The van der Waals surface area contributed by atoms with Crippen LogP contribution in [0, 0.1) is 0 Å². The van der Waals surface area contributed by atoms with Crippen LogP contribution in [0.15, 0.2) is 110 Å². The molecule has 0 amide bonds. The Morgan fingerprint density at radius 3 is 2.03 bits per heavy atom. The molecule has 0 unspecified atom stereocenters. The van der Waals surface area contributed by atoms with Gasteiger partial charge in [0.1, 0.15) is 11.9 Å². The molecule has 0 saturated carbocycles. The Bertz CT molecular complexity index is 1230. The number of aromatic nitrogens is 3. The topological polar surface area (TPSA) is 24.9 Å². The van der Waals surface area contributed by atoms with Crippen LogP contribution in [0.1, 0.15) is 0 Å². The lowest BCUT2D eigenvalue weighted by Crippen LogP contribution is -3.00. The second-order valence-electron chi connectivity index (χ2n) is 6.97. The highest BCUT2D eigenvalue weighted by Gasteiger charge is 2.17. The molecule has 0 aliphatic heterocycles. The first kappa shape index (κ1) is 19.7. The number of hydrogen-bond donors (Lipinski definition) is 0. The van der Waals surface area contributed by atoms with Gasteiger partial charge in [-0.15, -0.1) is 4.98 Å². The normalized spacial score (nSPS) is 10.6. The number of halogens is 1. The number of pyridine rings is 1. The van der Waals surface area contributed by atoms with E-state index in [0.29, 0.717) is 0 Å². The second kappa shape index (κ2) is 8.39. The fourth-order valence-electron chi connectivity index (χ4n) is 3.73. The predicted octanol–water partition coefficient (Wildman–Crippen LogP) is 2.32. The second-order valence-corrected chi connectivity index (χ2v) is 6.97. The van der Waals surface area contributed by atoms with Crippen molar-refractivity contribution < 1.29 is 17.0 Å². The Labute approximate surface area is 182 Å². The first-order valence-electron chi connectivity index (χ1n) is 9.64. The minimum Gasteiger partial charge on any atom is -1.00 e. The van der Waals surface area contributed by atoms with Gasteiger partial charge in [-0.2, -0.15) is 0 Å². The van der Waals surface area contributed by atoms with Crippen LogP contribution in [-0.2, 0) is 7.05 Å². The van der Waals surface area contributed by atoms with E-state index in [1.807, 2.05) is 36.0 Å². The lowest BCUT2D eigenvalue weighted by atomic mass is 10.2. The summed E-state index contributed by atoms with van der Waals surface area (Å²) in [6.45, 7) is 0. The lowest BCUT2D eigenvalue weighted by Gasteiger charge is -2.25. The summed E-state index contributed by atoms with van der Waals surface area (Å²) in [5.41, 5.74) is 6.49. The summed E-state index contributed by atoms with van der Waals surface area (Å²) in [5, 5.41) is 0. The molecular weight excluding hydrogens is 392 g/mol. The van der Waals surface area contributed by atoms with Crippen LogP contribution in [0.4, 0.5) is 17.1 Å². The van der Waals surface area contributed by atoms with E-state index >= 15 is 0 Å². The minimum absolute atomic E-state index is 0. The molecule has 0 spiro atoms. The van der Waals surface area contributed by atoms with Crippen molar-refractivity contribution in [3.05, 3.63) is 110 Å². The number of rotatable bonds is 4. The van der Waals surface area contributed by atoms with Gasteiger partial charge in [0.25, 0.3) is 0 Å². The fourth-order valence-corrected chi connectivity index (χ4v) is 3.73. The maximum atomic E-state index is 4.51. The highest BCUT2D eigenvalue weighted by Crippen LogP contribution is 2.35. The monoisotopic (exact) mass is 412 g/mol. The third kappa shape index (κ3) is 3.53. The van der Waals surface area contributed by atoms with Gasteiger partial charge in [0, 0.05) is 23.1 Å². The number of imidazole rings is 1. The van der Waals surface area contributed by atoms with E-state index in [1.54, 1.807) is 0 Å². The van der Waals surface area contributed by atoms with Crippen LogP contribution in [0.5, 0.6) is 0 Å². The van der Waals surface area contributed by atoms with Gasteiger partial charge in [0.15, 0.2) is 11.8 Å². The van der Waals surface area contributed by atoms with Crippen molar-refractivity contribution >= 4 is 28.2 Å². The van der Waals surface area contributed by atoms with E-state index in [2.05, 4.69) is 99.6 Å². The molecule has 3 aromatic carbocycles. The number of hydrogen-bond acceptors (Lipinski definition) is 2. The molecular formula is C25H21ClN4. The number of aryl methyl sites for hydroxylation is 1. The molecule has 0 atom stereocenters. The third-order valence-corrected chi connectivity index (χ3v) is 5.04. The number of anilines is 3. The van der Waals surface area contributed by atoms with Crippen molar-refractivity contribution in [3.8, 4) is 5.69 Å². The number of benzene rings is 3. The molecule has 30 heavy (non-hydrogen) atoms. The summed E-state index contributed by atoms with van der Waals surface area (Å²) in [4.78, 5) is 6.78. The van der Waals surface area contributed by atoms with Gasteiger partial charge in [-0.05, 0) is 48.5 Å². The van der Waals surface area contributed by atoms with Gasteiger partial charge in [0.05, 0.1) is 7.05 Å². The molecule has 5 rings (SSSR count). The molecule has 0 aliphatic rings.